The molecule has 0 atom stereocenters. The van der Waals surface area contributed by atoms with Crippen LogP contribution >= 0.6 is 0 Å². The second-order valence-electron chi connectivity index (χ2n) is 1.68. The molecule has 2 heteroatoms. The second kappa shape index (κ2) is 5.35. The molecule has 0 spiro atoms. The minimum atomic E-state index is -0.226. The minimum absolute atomic E-state index is 0.226. The molecule has 0 rings (SSSR count). The molecular formula is C7H12O2. The van der Waals surface area contributed by atoms with E-state index < -0.39 is 0 Å². The third-order valence-electron chi connectivity index (χ3n) is 0.785. The zero-order valence-corrected chi connectivity index (χ0v) is 5.89. The molecule has 0 aliphatic rings. The van der Waals surface area contributed by atoms with Gasteiger partial charge in [0.25, 0.3) is 0 Å². The van der Waals surface area contributed by atoms with Gasteiger partial charge in [-0.15, -0.1) is 0 Å². The van der Waals surface area contributed by atoms with Crippen LogP contribution in [0.2, 0.25) is 0 Å². The van der Waals surface area contributed by atoms with E-state index in [1.165, 1.54) is 6.92 Å². The number of carbonyl (C=O) groups is 1. The summed E-state index contributed by atoms with van der Waals surface area (Å²) in [4.78, 5) is 10.2. The molecule has 52 valence electrons. The van der Waals surface area contributed by atoms with E-state index in [9.17, 15) is 4.79 Å². The van der Waals surface area contributed by atoms with Crippen LogP contribution in [0.5, 0.6) is 0 Å². The average molecular weight is 128 g/mol. The quantitative estimate of drug-likeness (QED) is 0.425. The predicted molar refractivity (Wildman–Crippen MR) is 36.1 cm³/mol. The molecule has 0 aromatic rings. The van der Waals surface area contributed by atoms with E-state index in [0.29, 0.717) is 6.61 Å². The van der Waals surface area contributed by atoms with Crippen molar-refractivity contribution >= 4 is 5.97 Å². The first kappa shape index (κ1) is 8.21. The molecule has 0 saturated heterocycles. The van der Waals surface area contributed by atoms with Crippen molar-refractivity contribution in [3.8, 4) is 0 Å². The summed E-state index contributed by atoms with van der Waals surface area (Å²) >= 11 is 0. The Balaban J connectivity index is 3.09. The molecule has 0 unspecified atom stereocenters. The van der Waals surface area contributed by atoms with E-state index >= 15 is 0 Å². The zero-order valence-electron chi connectivity index (χ0n) is 5.89. The number of allylic oxidation sites excluding steroid dienone is 1. The van der Waals surface area contributed by atoms with Crippen LogP contribution in [-0.2, 0) is 9.53 Å². The van der Waals surface area contributed by atoms with Gasteiger partial charge in [0.05, 0.1) is 0 Å². The Hall–Kier alpha value is -0.790. The van der Waals surface area contributed by atoms with E-state index in [1.807, 2.05) is 19.1 Å². The lowest BCUT2D eigenvalue weighted by atomic mass is 10.4. The molecule has 9 heavy (non-hydrogen) atoms. The summed E-state index contributed by atoms with van der Waals surface area (Å²) in [5.74, 6) is -0.226. The van der Waals surface area contributed by atoms with Crippen LogP contribution in [0.15, 0.2) is 12.2 Å². The number of esters is 1. The van der Waals surface area contributed by atoms with Gasteiger partial charge in [0.1, 0.15) is 6.61 Å². The molecule has 0 aromatic carbocycles. The fourth-order valence-corrected chi connectivity index (χ4v) is 0.400. The maximum Gasteiger partial charge on any atom is 0.302 e. The second-order valence-corrected chi connectivity index (χ2v) is 1.68. The first-order chi connectivity index (χ1) is 4.27. The number of ether oxygens (including phenoxy) is 1. The highest BCUT2D eigenvalue weighted by Gasteiger charge is 1.84. The third kappa shape index (κ3) is 7.21. The Labute approximate surface area is 55.5 Å². The van der Waals surface area contributed by atoms with E-state index in [0.717, 1.165) is 6.42 Å². The molecule has 0 amide bonds. The first-order valence-corrected chi connectivity index (χ1v) is 3.05. The number of hydrogen-bond acceptors (Lipinski definition) is 2. The maximum absolute atomic E-state index is 10.2. The fourth-order valence-electron chi connectivity index (χ4n) is 0.400. The van der Waals surface area contributed by atoms with Crippen molar-refractivity contribution in [3.05, 3.63) is 12.2 Å². The molecule has 0 saturated carbocycles. The van der Waals surface area contributed by atoms with Crippen molar-refractivity contribution in [2.45, 2.75) is 20.3 Å². The Morgan fingerprint density at radius 1 is 1.56 bits per heavy atom. The Kier molecular flexibility index (Phi) is 4.88. The van der Waals surface area contributed by atoms with E-state index in [2.05, 4.69) is 4.74 Å². The van der Waals surface area contributed by atoms with E-state index in [-0.39, 0.29) is 5.97 Å². The smallest absolute Gasteiger partial charge is 0.302 e. The molecule has 0 fully saturated rings. The van der Waals surface area contributed by atoms with Gasteiger partial charge in [0.2, 0.25) is 0 Å². The van der Waals surface area contributed by atoms with Gasteiger partial charge in [0.15, 0.2) is 0 Å². The number of hydrogen-bond donors (Lipinski definition) is 0. The standard InChI is InChI=1S/C7H12O2/c1-3-4-5-6-9-7(2)8/h4-5H,3,6H2,1-2H3. The maximum atomic E-state index is 10.2. The molecule has 0 aliphatic heterocycles. The fraction of sp³-hybridized carbons (Fsp3) is 0.571. The van der Waals surface area contributed by atoms with Crippen molar-refractivity contribution < 1.29 is 9.53 Å². The molecule has 0 bridgehead atoms. The van der Waals surface area contributed by atoms with Gasteiger partial charge in [-0.05, 0) is 6.42 Å². The van der Waals surface area contributed by atoms with Crippen molar-refractivity contribution in [3.63, 3.8) is 0 Å². The highest BCUT2D eigenvalue weighted by Crippen LogP contribution is 1.81. The Morgan fingerprint density at radius 3 is 2.67 bits per heavy atom. The highest BCUT2D eigenvalue weighted by atomic mass is 16.5. The van der Waals surface area contributed by atoms with Crippen molar-refractivity contribution in [1.82, 2.24) is 0 Å². The molecule has 0 heterocycles. The van der Waals surface area contributed by atoms with Crippen molar-refractivity contribution in [2.24, 2.45) is 0 Å². The largest absolute Gasteiger partial charge is 0.462 e. The molecule has 2 nitrogen and oxygen atoms in total. The summed E-state index contributed by atoms with van der Waals surface area (Å²) in [6.07, 6.45) is 4.78. The summed E-state index contributed by atoms with van der Waals surface area (Å²) in [6, 6.07) is 0. The summed E-state index contributed by atoms with van der Waals surface area (Å²) in [7, 11) is 0. The summed E-state index contributed by atoms with van der Waals surface area (Å²) < 4.78 is 4.62. The molecule has 0 aromatic heterocycles. The van der Waals surface area contributed by atoms with Gasteiger partial charge >= 0.3 is 5.97 Å². The SMILES string of the molecule is CCC=CCOC(C)=O. The first-order valence-electron chi connectivity index (χ1n) is 3.05. The summed E-state index contributed by atoms with van der Waals surface area (Å²) in [5.41, 5.74) is 0. The normalized spacial score (nSPS) is 10.0. The predicted octanol–water partition coefficient (Wildman–Crippen LogP) is 1.52. The Morgan fingerprint density at radius 2 is 2.22 bits per heavy atom. The van der Waals surface area contributed by atoms with Crippen LogP contribution in [0.3, 0.4) is 0 Å². The van der Waals surface area contributed by atoms with Crippen LogP contribution in [0.4, 0.5) is 0 Å². The van der Waals surface area contributed by atoms with Crippen molar-refractivity contribution in [2.75, 3.05) is 6.61 Å². The van der Waals surface area contributed by atoms with Crippen LogP contribution < -0.4 is 0 Å². The van der Waals surface area contributed by atoms with Gasteiger partial charge in [-0.25, -0.2) is 0 Å². The van der Waals surface area contributed by atoms with Crippen LogP contribution in [0.1, 0.15) is 20.3 Å². The van der Waals surface area contributed by atoms with Gasteiger partial charge < -0.3 is 4.74 Å². The lowest BCUT2D eigenvalue weighted by molar-refractivity contribution is -0.139. The zero-order chi connectivity index (χ0) is 7.11. The van der Waals surface area contributed by atoms with Gasteiger partial charge in [0, 0.05) is 6.92 Å². The van der Waals surface area contributed by atoms with Crippen molar-refractivity contribution in [1.29, 1.82) is 0 Å². The van der Waals surface area contributed by atoms with Gasteiger partial charge in [-0.1, -0.05) is 19.1 Å². The highest BCUT2D eigenvalue weighted by molar-refractivity contribution is 5.65. The van der Waals surface area contributed by atoms with Crippen LogP contribution in [0.25, 0.3) is 0 Å². The molecule has 0 aliphatic carbocycles. The lowest BCUT2D eigenvalue weighted by Gasteiger charge is -1.92. The van der Waals surface area contributed by atoms with Gasteiger partial charge in [-0.2, -0.15) is 0 Å². The van der Waals surface area contributed by atoms with Crippen LogP contribution in [-0.4, -0.2) is 12.6 Å². The van der Waals surface area contributed by atoms with E-state index in [1.54, 1.807) is 0 Å². The monoisotopic (exact) mass is 128 g/mol. The number of rotatable bonds is 3. The molecular weight excluding hydrogens is 116 g/mol. The number of carbonyl (C=O) groups excluding carboxylic acids is 1. The summed E-state index contributed by atoms with van der Waals surface area (Å²) in [6.45, 7) is 3.84. The lowest BCUT2D eigenvalue weighted by Crippen LogP contribution is -1.96. The summed E-state index contributed by atoms with van der Waals surface area (Å²) in [5, 5.41) is 0. The topological polar surface area (TPSA) is 26.3 Å². The minimum Gasteiger partial charge on any atom is -0.462 e. The van der Waals surface area contributed by atoms with Gasteiger partial charge in [-0.3, -0.25) is 4.79 Å². The average Bonchev–Trinajstić information content (AvgIpc) is 1.80. The third-order valence-corrected chi connectivity index (χ3v) is 0.785. The Bertz CT molecular complexity index is 105. The van der Waals surface area contributed by atoms with E-state index in [4.69, 9.17) is 0 Å². The van der Waals surface area contributed by atoms with Crippen LogP contribution in [0, 0.1) is 0 Å². The molecule has 0 radical (unpaired) electrons. The molecule has 0 N–H and O–H groups in total.